The molecule has 27 heavy (non-hydrogen) atoms. The molecule has 4 rings (SSSR count). The minimum Gasteiger partial charge on any atom is -0.396 e. The molecule has 6 nitrogen and oxygen atoms in total. The Morgan fingerprint density at radius 3 is 2.41 bits per heavy atom. The topological polar surface area (TPSA) is 47.8 Å². The van der Waals surface area contributed by atoms with E-state index in [-0.39, 0.29) is 0 Å². The lowest BCUT2D eigenvalue weighted by Gasteiger charge is -2.36. The molecule has 1 aromatic heterocycles. The Hall–Kier alpha value is -1.47. The number of aliphatic hydroxyl groups excluding tert-OH is 1. The lowest BCUT2D eigenvalue weighted by molar-refractivity contribution is 0.106. The quantitative estimate of drug-likeness (QED) is 0.828. The molecule has 0 bridgehead atoms. The lowest BCUT2D eigenvalue weighted by Crippen LogP contribution is -2.48. The molecule has 2 saturated heterocycles. The van der Waals surface area contributed by atoms with Crippen molar-refractivity contribution in [3.05, 3.63) is 30.1 Å². The van der Waals surface area contributed by atoms with Gasteiger partial charge in [-0.1, -0.05) is 19.1 Å². The standard InChI is InChI=1S/C21H33N5O/c1-3-24-8-10-25(11-9-24)12-17-13-26(14-18(17)16-27)15-21-22-19-6-4-5-7-20(19)23(21)2/h4-7,17-18,27H,3,8-16H2,1-2H3. The summed E-state index contributed by atoms with van der Waals surface area (Å²) in [5.74, 6) is 2.05. The SMILES string of the molecule is CCN1CCN(CC2CN(Cc3nc4ccccc4n3C)CC2CO)CC1. The van der Waals surface area contributed by atoms with Crippen molar-refractivity contribution in [2.24, 2.45) is 18.9 Å². The van der Waals surface area contributed by atoms with Crippen LogP contribution in [0.4, 0.5) is 0 Å². The highest BCUT2D eigenvalue weighted by Crippen LogP contribution is 2.26. The first-order valence-electron chi connectivity index (χ1n) is 10.4. The fraction of sp³-hybridized carbons (Fsp3) is 0.667. The third-order valence-corrected chi connectivity index (χ3v) is 6.54. The molecule has 2 unspecified atom stereocenters. The van der Waals surface area contributed by atoms with Gasteiger partial charge in [-0.15, -0.1) is 0 Å². The summed E-state index contributed by atoms with van der Waals surface area (Å²) in [7, 11) is 2.11. The summed E-state index contributed by atoms with van der Waals surface area (Å²) in [5, 5.41) is 9.92. The van der Waals surface area contributed by atoms with Gasteiger partial charge in [-0.3, -0.25) is 4.90 Å². The molecule has 0 spiro atoms. The summed E-state index contributed by atoms with van der Waals surface area (Å²) in [4.78, 5) is 12.4. The first-order valence-corrected chi connectivity index (χ1v) is 10.4. The van der Waals surface area contributed by atoms with E-state index in [9.17, 15) is 5.11 Å². The monoisotopic (exact) mass is 371 g/mol. The number of aromatic nitrogens is 2. The van der Waals surface area contributed by atoms with Crippen LogP contribution in [0.1, 0.15) is 12.7 Å². The van der Waals surface area contributed by atoms with E-state index in [2.05, 4.69) is 51.4 Å². The van der Waals surface area contributed by atoms with Crippen molar-refractivity contribution >= 4 is 11.0 Å². The molecule has 0 amide bonds. The van der Waals surface area contributed by atoms with Crippen molar-refractivity contribution in [2.75, 3.05) is 59.0 Å². The third kappa shape index (κ3) is 4.04. The molecule has 0 radical (unpaired) electrons. The van der Waals surface area contributed by atoms with Crippen LogP contribution in [0.2, 0.25) is 0 Å². The maximum absolute atomic E-state index is 9.92. The molecule has 2 aliphatic heterocycles. The number of hydrogen-bond acceptors (Lipinski definition) is 5. The average Bonchev–Trinajstić information content (AvgIpc) is 3.23. The number of fused-ring (bicyclic) bond motifs is 1. The first kappa shape index (κ1) is 18.9. The van der Waals surface area contributed by atoms with Gasteiger partial charge in [-0.05, 0) is 30.5 Å². The smallest absolute Gasteiger partial charge is 0.123 e. The molecule has 2 aliphatic rings. The van der Waals surface area contributed by atoms with Crippen LogP contribution in [0.5, 0.6) is 0 Å². The van der Waals surface area contributed by atoms with Crippen LogP contribution in [0, 0.1) is 11.8 Å². The van der Waals surface area contributed by atoms with E-state index >= 15 is 0 Å². The highest BCUT2D eigenvalue weighted by molar-refractivity contribution is 5.75. The second-order valence-corrected chi connectivity index (χ2v) is 8.21. The Morgan fingerprint density at radius 1 is 1.00 bits per heavy atom. The minimum absolute atomic E-state index is 0.290. The Morgan fingerprint density at radius 2 is 1.70 bits per heavy atom. The number of likely N-dealkylation sites (N-methyl/N-ethyl adjacent to an activating group) is 1. The van der Waals surface area contributed by atoms with Crippen LogP contribution in [-0.2, 0) is 13.6 Å². The van der Waals surface area contributed by atoms with Gasteiger partial charge in [0, 0.05) is 59.5 Å². The van der Waals surface area contributed by atoms with Gasteiger partial charge in [0.15, 0.2) is 0 Å². The molecular weight excluding hydrogens is 338 g/mol. The zero-order valence-corrected chi connectivity index (χ0v) is 16.7. The largest absolute Gasteiger partial charge is 0.396 e. The molecule has 2 fully saturated rings. The summed E-state index contributed by atoms with van der Waals surface area (Å²) in [5.41, 5.74) is 2.26. The molecular formula is C21H33N5O. The van der Waals surface area contributed by atoms with Crippen molar-refractivity contribution in [1.82, 2.24) is 24.3 Å². The van der Waals surface area contributed by atoms with Crippen LogP contribution < -0.4 is 0 Å². The molecule has 0 saturated carbocycles. The predicted molar refractivity (Wildman–Crippen MR) is 109 cm³/mol. The van der Waals surface area contributed by atoms with E-state index in [0.29, 0.717) is 18.4 Å². The number of imidazole rings is 1. The van der Waals surface area contributed by atoms with E-state index in [1.165, 1.54) is 18.6 Å². The summed E-state index contributed by atoms with van der Waals surface area (Å²) < 4.78 is 2.21. The molecule has 1 N–H and O–H groups in total. The van der Waals surface area contributed by atoms with E-state index in [1.807, 2.05) is 6.07 Å². The van der Waals surface area contributed by atoms with Crippen LogP contribution >= 0.6 is 0 Å². The van der Waals surface area contributed by atoms with Crippen molar-refractivity contribution in [1.29, 1.82) is 0 Å². The van der Waals surface area contributed by atoms with Gasteiger partial charge in [0.1, 0.15) is 5.82 Å². The van der Waals surface area contributed by atoms with Crippen molar-refractivity contribution in [3.63, 3.8) is 0 Å². The second-order valence-electron chi connectivity index (χ2n) is 8.21. The molecule has 1 aromatic carbocycles. The lowest BCUT2D eigenvalue weighted by atomic mass is 9.96. The number of nitrogens with zero attached hydrogens (tertiary/aromatic N) is 5. The van der Waals surface area contributed by atoms with E-state index in [4.69, 9.17) is 4.98 Å². The maximum atomic E-state index is 9.92. The van der Waals surface area contributed by atoms with Crippen LogP contribution in [0.15, 0.2) is 24.3 Å². The molecule has 2 atom stereocenters. The van der Waals surface area contributed by atoms with Gasteiger partial charge in [-0.25, -0.2) is 4.98 Å². The fourth-order valence-corrected chi connectivity index (χ4v) is 4.74. The van der Waals surface area contributed by atoms with E-state index in [0.717, 1.165) is 57.2 Å². The minimum atomic E-state index is 0.290. The van der Waals surface area contributed by atoms with Crippen molar-refractivity contribution in [3.8, 4) is 0 Å². The van der Waals surface area contributed by atoms with Gasteiger partial charge in [-0.2, -0.15) is 0 Å². The van der Waals surface area contributed by atoms with Gasteiger partial charge >= 0.3 is 0 Å². The second kappa shape index (κ2) is 8.27. The highest BCUT2D eigenvalue weighted by atomic mass is 16.3. The zero-order valence-electron chi connectivity index (χ0n) is 16.7. The summed E-state index contributed by atoms with van der Waals surface area (Å²) in [6.45, 7) is 12.4. The summed E-state index contributed by atoms with van der Waals surface area (Å²) in [6, 6.07) is 8.33. The van der Waals surface area contributed by atoms with Gasteiger partial charge in [0.2, 0.25) is 0 Å². The Balaban J connectivity index is 1.38. The fourth-order valence-electron chi connectivity index (χ4n) is 4.74. The number of piperazine rings is 1. The van der Waals surface area contributed by atoms with E-state index in [1.54, 1.807) is 0 Å². The van der Waals surface area contributed by atoms with Crippen LogP contribution in [0.25, 0.3) is 11.0 Å². The van der Waals surface area contributed by atoms with Crippen LogP contribution in [-0.4, -0.2) is 88.3 Å². The Bertz CT molecular complexity index is 752. The number of likely N-dealkylation sites (tertiary alicyclic amines) is 1. The first-order chi connectivity index (χ1) is 13.2. The number of aryl methyl sites for hydroxylation is 1. The van der Waals surface area contributed by atoms with Crippen LogP contribution in [0.3, 0.4) is 0 Å². The molecule has 6 heteroatoms. The number of rotatable bonds is 6. The Kier molecular flexibility index (Phi) is 5.78. The summed E-state index contributed by atoms with van der Waals surface area (Å²) >= 11 is 0. The van der Waals surface area contributed by atoms with Gasteiger partial charge in [0.25, 0.3) is 0 Å². The number of para-hydroxylation sites is 2. The highest BCUT2D eigenvalue weighted by Gasteiger charge is 2.34. The average molecular weight is 372 g/mol. The molecule has 3 heterocycles. The Labute approximate surface area is 162 Å². The van der Waals surface area contributed by atoms with Crippen molar-refractivity contribution < 1.29 is 5.11 Å². The zero-order chi connectivity index (χ0) is 18.8. The molecule has 148 valence electrons. The molecule has 0 aliphatic carbocycles. The third-order valence-electron chi connectivity index (χ3n) is 6.54. The normalized spacial score (nSPS) is 25.6. The van der Waals surface area contributed by atoms with E-state index < -0.39 is 0 Å². The predicted octanol–water partition coefficient (Wildman–Crippen LogP) is 1.25. The van der Waals surface area contributed by atoms with Gasteiger partial charge in [0.05, 0.1) is 17.6 Å². The number of aliphatic hydroxyl groups is 1. The number of hydrogen-bond donors (Lipinski definition) is 1. The molecule has 2 aromatic rings. The van der Waals surface area contributed by atoms with Crippen molar-refractivity contribution in [2.45, 2.75) is 13.5 Å². The maximum Gasteiger partial charge on any atom is 0.123 e. The summed E-state index contributed by atoms with van der Waals surface area (Å²) in [6.07, 6.45) is 0. The van der Waals surface area contributed by atoms with Gasteiger partial charge < -0.3 is 19.5 Å². The number of benzene rings is 1.